The number of hydrogen-bond donors (Lipinski definition) is 2. The van der Waals surface area contributed by atoms with E-state index in [1.165, 1.54) is 0 Å². The third-order valence-corrected chi connectivity index (χ3v) is 9.63. The minimum absolute atomic E-state index is 0.00359. The van der Waals surface area contributed by atoms with Gasteiger partial charge in [0, 0.05) is 43.7 Å². The van der Waals surface area contributed by atoms with Crippen molar-refractivity contribution in [1.82, 2.24) is 24.4 Å². The third-order valence-electron chi connectivity index (χ3n) is 7.54. The van der Waals surface area contributed by atoms with Gasteiger partial charge in [0.1, 0.15) is 5.76 Å². The maximum absolute atomic E-state index is 13.7. The molecule has 1 aromatic heterocycles. The van der Waals surface area contributed by atoms with Crippen LogP contribution >= 0.6 is 0 Å². The van der Waals surface area contributed by atoms with Crippen molar-refractivity contribution in [1.29, 1.82) is 0 Å². The SMILES string of the molecule is CN(C1CCNCC1)S(=O)(=O)N1CC[C@@H](NC(=O)c2cc(C3CC3)on2)C[C@@H]1Cc1ccccc1. The first-order valence-electron chi connectivity index (χ1n) is 12.7. The van der Waals surface area contributed by atoms with Crippen LogP contribution in [0.15, 0.2) is 40.9 Å². The normalized spacial score (nSPS) is 24.5. The van der Waals surface area contributed by atoms with Crippen LogP contribution in [0.2, 0.25) is 0 Å². The first-order valence-corrected chi connectivity index (χ1v) is 14.1. The Kier molecular flexibility index (Phi) is 7.24. The number of carbonyl (C=O) groups excluding carboxylic acids is 1. The second-order valence-electron chi connectivity index (χ2n) is 10.0. The Bertz CT molecular complexity index is 1110. The quantitative estimate of drug-likeness (QED) is 0.575. The highest BCUT2D eigenvalue weighted by Gasteiger charge is 2.41. The number of amides is 1. The summed E-state index contributed by atoms with van der Waals surface area (Å²) < 4.78 is 36.0. The maximum atomic E-state index is 13.7. The van der Waals surface area contributed by atoms with Crippen LogP contribution in [-0.2, 0) is 16.6 Å². The van der Waals surface area contributed by atoms with Crippen LogP contribution in [0.5, 0.6) is 0 Å². The zero-order chi connectivity index (χ0) is 24.4. The number of benzene rings is 1. The largest absolute Gasteiger partial charge is 0.360 e. The number of rotatable bonds is 8. The molecule has 2 aromatic rings. The van der Waals surface area contributed by atoms with Crippen LogP contribution < -0.4 is 10.6 Å². The summed E-state index contributed by atoms with van der Waals surface area (Å²) in [5, 5.41) is 10.3. The van der Waals surface area contributed by atoms with E-state index < -0.39 is 10.2 Å². The molecule has 3 heterocycles. The molecule has 1 aromatic carbocycles. The highest BCUT2D eigenvalue weighted by molar-refractivity contribution is 7.86. The van der Waals surface area contributed by atoms with Crippen molar-refractivity contribution in [2.75, 3.05) is 26.7 Å². The summed E-state index contributed by atoms with van der Waals surface area (Å²) in [6, 6.07) is 11.3. The van der Waals surface area contributed by atoms with E-state index in [0.717, 1.165) is 50.1 Å². The van der Waals surface area contributed by atoms with Gasteiger partial charge in [-0.15, -0.1) is 0 Å². The monoisotopic (exact) mass is 501 g/mol. The smallest absolute Gasteiger partial charge is 0.282 e. The fraction of sp³-hybridized carbons (Fsp3) is 0.600. The Hall–Kier alpha value is -2.27. The lowest BCUT2D eigenvalue weighted by Crippen LogP contribution is -2.57. The van der Waals surface area contributed by atoms with Gasteiger partial charge >= 0.3 is 0 Å². The van der Waals surface area contributed by atoms with Crippen LogP contribution in [0.25, 0.3) is 0 Å². The molecule has 3 aliphatic rings. The second kappa shape index (κ2) is 10.4. The van der Waals surface area contributed by atoms with Crippen molar-refractivity contribution < 1.29 is 17.7 Å². The van der Waals surface area contributed by atoms with Gasteiger partial charge < -0.3 is 15.2 Å². The molecule has 2 saturated heterocycles. The molecule has 2 N–H and O–H groups in total. The van der Waals surface area contributed by atoms with Gasteiger partial charge in [-0.2, -0.15) is 17.0 Å². The lowest BCUT2D eigenvalue weighted by molar-refractivity contribution is 0.0900. The van der Waals surface area contributed by atoms with E-state index in [1.54, 1.807) is 21.7 Å². The predicted molar refractivity (Wildman–Crippen MR) is 132 cm³/mol. The van der Waals surface area contributed by atoms with Gasteiger partial charge in [0.05, 0.1) is 0 Å². The van der Waals surface area contributed by atoms with Crippen molar-refractivity contribution in [3.8, 4) is 0 Å². The zero-order valence-corrected chi connectivity index (χ0v) is 21.0. The Balaban J connectivity index is 1.30. The summed E-state index contributed by atoms with van der Waals surface area (Å²) in [5.74, 6) is 0.913. The third kappa shape index (κ3) is 5.61. The lowest BCUT2D eigenvalue weighted by atomic mass is 9.94. The van der Waals surface area contributed by atoms with Crippen molar-refractivity contribution in [3.05, 3.63) is 53.4 Å². The van der Waals surface area contributed by atoms with Crippen LogP contribution in [0.3, 0.4) is 0 Å². The van der Waals surface area contributed by atoms with E-state index in [4.69, 9.17) is 4.52 Å². The molecule has 0 radical (unpaired) electrons. The minimum atomic E-state index is -3.64. The Morgan fingerprint density at radius 2 is 1.91 bits per heavy atom. The number of nitrogens with one attached hydrogen (secondary N) is 2. The van der Waals surface area contributed by atoms with Gasteiger partial charge in [-0.25, -0.2) is 0 Å². The summed E-state index contributed by atoms with van der Waals surface area (Å²) >= 11 is 0. The molecule has 3 fully saturated rings. The molecule has 0 bridgehead atoms. The van der Waals surface area contributed by atoms with Gasteiger partial charge in [0.25, 0.3) is 16.1 Å². The summed E-state index contributed by atoms with van der Waals surface area (Å²) in [6.45, 7) is 2.03. The lowest BCUT2D eigenvalue weighted by Gasteiger charge is -2.42. The molecule has 1 aliphatic carbocycles. The van der Waals surface area contributed by atoms with E-state index in [0.29, 0.717) is 37.4 Å². The van der Waals surface area contributed by atoms with Gasteiger partial charge in [-0.05, 0) is 63.6 Å². The summed E-state index contributed by atoms with van der Waals surface area (Å²) in [4.78, 5) is 12.8. The average molecular weight is 502 g/mol. The number of hydrogen-bond acceptors (Lipinski definition) is 6. The van der Waals surface area contributed by atoms with Gasteiger partial charge in [0.2, 0.25) is 0 Å². The highest BCUT2D eigenvalue weighted by Crippen LogP contribution is 2.40. The molecule has 1 saturated carbocycles. The number of carbonyl (C=O) groups is 1. The van der Waals surface area contributed by atoms with Crippen molar-refractivity contribution in [3.63, 3.8) is 0 Å². The fourth-order valence-electron chi connectivity index (χ4n) is 5.28. The summed E-state index contributed by atoms with van der Waals surface area (Å²) in [7, 11) is -1.93. The Labute approximate surface area is 207 Å². The Morgan fingerprint density at radius 1 is 1.17 bits per heavy atom. The summed E-state index contributed by atoms with van der Waals surface area (Å²) in [5.41, 5.74) is 1.38. The van der Waals surface area contributed by atoms with E-state index in [2.05, 4.69) is 15.8 Å². The van der Waals surface area contributed by atoms with Crippen molar-refractivity contribution >= 4 is 16.1 Å². The minimum Gasteiger partial charge on any atom is -0.360 e. The van der Waals surface area contributed by atoms with Crippen LogP contribution in [0, 0.1) is 0 Å². The Morgan fingerprint density at radius 3 is 2.63 bits per heavy atom. The van der Waals surface area contributed by atoms with Gasteiger partial charge in [-0.3, -0.25) is 4.79 Å². The number of piperidine rings is 2. The first kappa shape index (κ1) is 24.4. The van der Waals surface area contributed by atoms with Crippen LogP contribution in [0.4, 0.5) is 0 Å². The molecule has 5 rings (SSSR count). The van der Waals surface area contributed by atoms with Crippen LogP contribution in [0.1, 0.15) is 66.3 Å². The molecule has 1 amide bonds. The van der Waals surface area contributed by atoms with Gasteiger partial charge in [-0.1, -0.05) is 35.5 Å². The standard InChI is InChI=1S/C25H35N5O4S/c1-29(21-9-12-26-13-10-21)35(32,33)30-14-11-20(16-22(30)15-18-5-3-2-4-6-18)27-25(31)23-17-24(34-28-23)19-7-8-19/h2-6,17,19-22,26H,7-16H2,1H3,(H,27,31)/t20-,22+/m1/s1. The molecule has 9 nitrogen and oxygen atoms in total. The highest BCUT2D eigenvalue weighted by atomic mass is 32.2. The molecular weight excluding hydrogens is 466 g/mol. The maximum Gasteiger partial charge on any atom is 0.282 e. The molecule has 0 spiro atoms. The van der Waals surface area contributed by atoms with E-state index >= 15 is 0 Å². The molecule has 2 atom stereocenters. The second-order valence-corrected chi connectivity index (χ2v) is 12.0. The fourth-order valence-corrected chi connectivity index (χ4v) is 7.07. The summed E-state index contributed by atoms with van der Waals surface area (Å²) in [6.07, 6.45) is 5.49. The van der Waals surface area contributed by atoms with Gasteiger partial charge in [0.15, 0.2) is 5.69 Å². The number of nitrogens with zero attached hydrogens (tertiary/aromatic N) is 3. The van der Waals surface area contributed by atoms with Crippen LogP contribution in [-0.4, -0.2) is 72.9 Å². The average Bonchev–Trinajstić information content (AvgIpc) is 3.60. The molecule has 0 unspecified atom stereocenters. The topological polar surface area (TPSA) is 108 Å². The molecule has 10 heteroatoms. The predicted octanol–water partition coefficient (Wildman–Crippen LogP) is 2.29. The molecule has 190 valence electrons. The van der Waals surface area contributed by atoms with E-state index in [-0.39, 0.29) is 24.0 Å². The van der Waals surface area contributed by atoms with Crippen molar-refractivity contribution in [2.24, 2.45) is 0 Å². The molecule has 2 aliphatic heterocycles. The van der Waals surface area contributed by atoms with E-state index in [1.807, 2.05) is 30.3 Å². The zero-order valence-electron chi connectivity index (χ0n) is 20.2. The molecule has 35 heavy (non-hydrogen) atoms. The van der Waals surface area contributed by atoms with E-state index in [9.17, 15) is 13.2 Å². The van der Waals surface area contributed by atoms with Crippen molar-refractivity contribution in [2.45, 2.75) is 69.0 Å². The number of aromatic nitrogens is 1. The first-order chi connectivity index (χ1) is 16.9. The molecular formula is C25H35N5O4S.